The fraction of sp³-hybridized carbons (Fsp3) is 0.455. The number of halogens is 3. The van der Waals surface area contributed by atoms with Gasteiger partial charge in [-0.3, -0.25) is 9.59 Å². The van der Waals surface area contributed by atoms with Crippen molar-refractivity contribution in [1.29, 1.82) is 0 Å². The molecule has 188 valence electrons. The van der Waals surface area contributed by atoms with E-state index >= 15 is 0 Å². The number of aromatic nitrogens is 4. The number of rotatable bonds is 6. The van der Waals surface area contributed by atoms with E-state index in [1.165, 1.54) is 49.7 Å². The third-order valence-corrected chi connectivity index (χ3v) is 7.89. The minimum absolute atomic E-state index is 0.0752. The largest absolute Gasteiger partial charge is 0.431 e. The third-order valence-electron chi connectivity index (χ3n) is 6.15. The van der Waals surface area contributed by atoms with Crippen molar-refractivity contribution >= 4 is 32.5 Å². The molecule has 13 heteroatoms. The fourth-order valence-electron chi connectivity index (χ4n) is 3.99. The highest BCUT2D eigenvalue weighted by molar-refractivity contribution is 7.91. The zero-order chi connectivity index (χ0) is 25.9. The van der Waals surface area contributed by atoms with Crippen molar-refractivity contribution in [3.8, 4) is 11.5 Å². The molecule has 0 unspecified atom stereocenters. The molecule has 0 atom stereocenters. The molecule has 0 bridgehead atoms. The Hall–Kier alpha value is -3.22. The average molecular weight is 512 g/mol. The maximum atomic E-state index is 13.6. The first-order chi connectivity index (χ1) is 16.3. The van der Waals surface area contributed by atoms with Gasteiger partial charge in [0.05, 0.1) is 28.0 Å². The van der Waals surface area contributed by atoms with Crippen LogP contribution in [0.3, 0.4) is 0 Å². The summed E-state index contributed by atoms with van der Waals surface area (Å²) < 4.78 is 68.5. The Balaban J connectivity index is 1.97. The van der Waals surface area contributed by atoms with Crippen LogP contribution in [0.25, 0.3) is 22.6 Å². The summed E-state index contributed by atoms with van der Waals surface area (Å²) in [5.74, 6) is -0.610. The molecule has 1 fully saturated rings. The molecule has 1 amide bonds. The van der Waals surface area contributed by atoms with Gasteiger partial charge in [-0.05, 0) is 31.9 Å². The van der Waals surface area contributed by atoms with Gasteiger partial charge >= 0.3 is 6.18 Å². The number of pyridine rings is 2. The van der Waals surface area contributed by atoms with Gasteiger partial charge in [-0.15, -0.1) is 0 Å². The summed E-state index contributed by atoms with van der Waals surface area (Å²) in [5, 5.41) is 0. The minimum Gasteiger partial charge on any atom is -0.321 e. The quantitative estimate of drug-likeness (QED) is 0.504. The van der Waals surface area contributed by atoms with E-state index in [1.807, 2.05) is 0 Å². The maximum absolute atomic E-state index is 13.6. The number of alkyl halides is 3. The van der Waals surface area contributed by atoms with Crippen LogP contribution in [0.2, 0.25) is 0 Å². The molecule has 0 radical (unpaired) electrons. The lowest BCUT2D eigenvalue weighted by Crippen LogP contribution is -2.28. The Morgan fingerprint density at radius 2 is 1.89 bits per heavy atom. The second-order valence-electron chi connectivity index (χ2n) is 8.42. The summed E-state index contributed by atoms with van der Waals surface area (Å²) in [6, 6.07) is 2.08. The lowest BCUT2D eigenvalue weighted by Gasteiger charge is -2.19. The Morgan fingerprint density at radius 1 is 1.23 bits per heavy atom. The fourth-order valence-corrected chi connectivity index (χ4v) is 5.04. The molecule has 1 saturated carbocycles. The van der Waals surface area contributed by atoms with Crippen LogP contribution in [0, 0.1) is 5.92 Å². The molecule has 0 N–H and O–H groups in total. The van der Waals surface area contributed by atoms with Gasteiger partial charge in [0.25, 0.3) is 5.56 Å². The van der Waals surface area contributed by atoms with Crippen LogP contribution in [0.4, 0.5) is 18.9 Å². The van der Waals surface area contributed by atoms with E-state index in [9.17, 15) is 31.2 Å². The summed E-state index contributed by atoms with van der Waals surface area (Å²) in [7, 11) is -0.944. The number of anilines is 1. The van der Waals surface area contributed by atoms with E-state index in [-0.39, 0.29) is 57.3 Å². The van der Waals surface area contributed by atoms with Crippen molar-refractivity contribution in [2.75, 3.05) is 17.7 Å². The Morgan fingerprint density at radius 3 is 2.43 bits per heavy atom. The number of carbonyl (C=O) groups excluding carboxylic acids is 1. The molecule has 0 saturated heterocycles. The zero-order valence-electron chi connectivity index (χ0n) is 19.5. The minimum atomic E-state index is -4.78. The third kappa shape index (κ3) is 4.21. The van der Waals surface area contributed by atoms with Crippen molar-refractivity contribution in [2.45, 2.75) is 44.3 Å². The van der Waals surface area contributed by atoms with E-state index in [2.05, 4.69) is 9.97 Å². The Labute approximate surface area is 199 Å². The van der Waals surface area contributed by atoms with Gasteiger partial charge in [-0.2, -0.15) is 13.2 Å². The smallest absolute Gasteiger partial charge is 0.321 e. The number of carbonyl (C=O) groups is 1. The van der Waals surface area contributed by atoms with E-state index in [0.29, 0.717) is 4.57 Å². The first-order valence-corrected chi connectivity index (χ1v) is 12.6. The van der Waals surface area contributed by atoms with Crippen molar-refractivity contribution < 1.29 is 26.4 Å². The number of aryl methyl sites for hydroxylation is 1. The first-order valence-electron chi connectivity index (χ1n) is 11.0. The van der Waals surface area contributed by atoms with Gasteiger partial charge in [0, 0.05) is 26.6 Å². The summed E-state index contributed by atoms with van der Waals surface area (Å²) >= 11 is 0. The monoisotopic (exact) mass is 511 g/mol. The highest BCUT2D eigenvalue weighted by atomic mass is 32.2. The van der Waals surface area contributed by atoms with Gasteiger partial charge in [0.2, 0.25) is 5.91 Å². The van der Waals surface area contributed by atoms with Gasteiger partial charge < -0.3 is 14.0 Å². The second-order valence-corrected chi connectivity index (χ2v) is 10.7. The molecule has 3 aromatic rings. The molecule has 3 aromatic heterocycles. The highest BCUT2D eigenvalue weighted by Crippen LogP contribution is 2.35. The first kappa shape index (κ1) is 24.9. The molecule has 1 aliphatic rings. The van der Waals surface area contributed by atoms with Gasteiger partial charge in [-0.25, -0.2) is 18.4 Å². The van der Waals surface area contributed by atoms with Crippen LogP contribution in [0.15, 0.2) is 28.0 Å². The van der Waals surface area contributed by atoms with Crippen LogP contribution >= 0.6 is 0 Å². The molecule has 9 nitrogen and oxygen atoms in total. The van der Waals surface area contributed by atoms with Crippen LogP contribution in [0.1, 0.15) is 32.4 Å². The second kappa shape index (κ2) is 8.47. The van der Waals surface area contributed by atoms with Crippen molar-refractivity contribution in [3.05, 3.63) is 34.4 Å². The molecule has 0 aromatic carbocycles. The van der Waals surface area contributed by atoms with E-state index in [1.54, 1.807) is 0 Å². The van der Waals surface area contributed by atoms with Crippen LogP contribution in [0.5, 0.6) is 0 Å². The van der Waals surface area contributed by atoms with Gasteiger partial charge in [-0.1, -0.05) is 6.92 Å². The van der Waals surface area contributed by atoms with Crippen molar-refractivity contribution in [2.24, 2.45) is 13.0 Å². The number of sulfone groups is 1. The van der Waals surface area contributed by atoms with E-state index in [0.717, 1.165) is 18.9 Å². The Bertz CT molecular complexity index is 1500. The van der Waals surface area contributed by atoms with Crippen LogP contribution in [-0.2, 0) is 34.4 Å². The SMILES string of the molecule is CCn1c(C(F)(F)F)cc2nc(-c3ncc(N(C)C(=O)C4CC4)cc3S(=O)(=O)CC)n(C)c2c1=O. The maximum Gasteiger partial charge on any atom is 0.431 e. The molecule has 4 rings (SSSR count). The van der Waals surface area contributed by atoms with Gasteiger partial charge in [0.1, 0.15) is 16.9 Å². The number of nitrogens with zero attached hydrogens (tertiary/aromatic N) is 5. The van der Waals surface area contributed by atoms with E-state index in [4.69, 9.17) is 0 Å². The zero-order valence-corrected chi connectivity index (χ0v) is 20.4. The number of amides is 1. The lowest BCUT2D eigenvalue weighted by atomic mass is 10.2. The molecular formula is C22H24F3N5O4S. The number of hydrogen-bond donors (Lipinski definition) is 0. The molecule has 1 aliphatic carbocycles. The van der Waals surface area contributed by atoms with Crippen molar-refractivity contribution in [3.63, 3.8) is 0 Å². The normalized spacial score (nSPS) is 14.5. The van der Waals surface area contributed by atoms with Gasteiger partial charge in [0.15, 0.2) is 15.7 Å². The summed E-state index contributed by atoms with van der Waals surface area (Å²) in [6.45, 7) is 2.65. The standard InChI is InChI=1S/C22H24F3N5O4S/c1-5-30-16(22(23,24)25)10-14-18(21(30)32)29(4)19(27-14)17-15(35(33,34)6-2)9-13(11-26-17)28(3)20(31)12-7-8-12/h9-12H,5-8H2,1-4H3. The highest BCUT2D eigenvalue weighted by Gasteiger charge is 2.36. The summed E-state index contributed by atoms with van der Waals surface area (Å²) in [6.07, 6.45) is -1.93. The lowest BCUT2D eigenvalue weighted by molar-refractivity contribution is -0.144. The summed E-state index contributed by atoms with van der Waals surface area (Å²) in [4.78, 5) is 35.0. The van der Waals surface area contributed by atoms with Crippen LogP contribution < -0.4 is 10.5 Å². The van der Waals surface area contributed by atoms with Crippen molar-refractivity contribution in [1.82, 2.24) is 19.1 Å². The molecule has 3 heterocycles. The number of imidazole rings is 1. The van der Waals surface area contributed by atoms with Crippen LogP contribution in [-0.4, -0.2) is 46.2 Å². The number of hydrogen-bond acceptors (Lipinski definition) is 6. The predicted octanol–water partition coefficient (Wildman–Crippen LogP) is 3.00. The average Bonchev–Trinajstić information content (AvgIpc) is 3.60. The molecular weight excluding hydrogens is 487 g/mol. The van der Waals surface area contributed by atoms with E-state index < -0.39 is 27.3 Å². The Kier molecular flexibility index (Phi) is 6.02. The number of fused-ring (bicyclic) bond motifs is 1. The topological polar surface area (TPSA) is 107 Å². The molecule has 35 heavy (non-hydrogen) atoms. The predicted molar refractivity (Wildman–Crippen MR) is 123 cm³/mol. The molecule has 0 aliphatic heterocycles. The summed E-state index contributed by atoms with van der Waals surface area (Å²) in [5.41, 5.74) is -2.23. The molecule has 0 spiro atoms.